The van der Waals surface area contributed by atoms with Crippen LogP contribution in [0.4, 0.5) is 16.2 Å². The Morgan fingerprint density at radius 2 is 1.59 bits per heavy atom. The molecule has 1 heterocycles. The number of likely N-dealkylation sites (N-methyl/N-ethyl adjacent to an activating group) is 1. The van der Waals surface area contributed by atoms with Crippen LogP contribution in [-0.4, -0.2) is 55.8 Å². The van der Waals surface area contributed by atoms with Gasteiger partial charge < -0.3 is 20.4 Å². The van der Waals surface area contributed by atoms with Crippen LogP contribution in [0.2, 0.25) is 0 Å². The molecule has 0 radical (unpaired) electrons. The van der Waals surface area contributed by atoms with Gasteiger partial charge in [-0.3, -0.25) is 9.59 Å². The molecule has 29 heavy (non-hydrogen) atoms. The van der Waals surface area contributed by atoms with Gasteiger partial charge in [-0.25, -0.2) is 4.79 Å². The predicted octanol–water partition coefficient (Wildman–Crippen LogP) is 2.53. The number of nitrogens with one attached hydrogen (secondary N) is 2. The lowest BCUT2D eigenvalue weighted by atomic mass is 10.1. The van der Waals surface area contributed by atoms with Crippen LogP contribution in [0.1, 0.15) is 22.8 Å². The van der Waals surface area contributed by atoms with Crippen molar-refractivity contribution < 1.29 is 14.4 Å². The molecule has 1 aliphatic heterocycles. The summed E-state index contributed by atoms with van der Waals surface area (Å²) in [5, 5.41) is 5.54. The van der Waals surface area contributed by atoms with Crippen molar-refractivity contribution in [1.29, 1.82) is 0 Å². The third-order valence-electron chi connectivity index (χ3n) is 5.09. The second-order valence-corrected chi connectivity index (χ2v) is 7.01. The summed E-state index contributed by atoms with van der Waals surface area (Å²) in [7, 11) is 1.59. The summed E-state index contributed by atoms with van der Waals surface area (Å²) in [4.78, 5) is 39.8. The molecule has 0 saturated carbocycles. The normalized spacial score (nSPS) is 13.7. The van der Waals surface area contributed by atoms with E-state index in [0.29, 0.717) is 37.4 Å². The van der Waals surface area contributed by atoms with Crippen LogP contribution in [0, 0.1) is 0 Å². The van der Waals surface area contributed by atoms with Crippen LogP contribution in [0.15, 0.2) is 48.5 Å². The number of benzene rings is 2. The van der Waals surface area contributed by atoms with E-state index in [4.69, 9.17) is 0 Å². The number of ketones is 1. The second-order valence-electron chi connectivity index (χ2n) is 7.01. The molecule has 3 rings (SSSR count). The number of amides is 3. The first-order valence-electron chi connectivity index (χ1n) is 9.68. The molecule has 3 amide bonds. The Kier molecular flexibility index (Phi) is 6.49. The van der Waals surface area contributed by atoms with Crippen molar-refractivity contribution in [2.75, 3.05) is 43.4 Å². The monoisotopic (exact) mass is 394 g/mol. The van der Waals surface area contributed by atoms with Crippen molar-refractivity contribution in [1.82, 2.24) is 10.2 Å². The first-order valence-corrected chi connectivity index (χ1v) is 9.68. The van der Waals surface area contributed by atoms with Gasteiger partial charge in [0.05, 0.1) is 6.42 Å². The molecule has 0 aromatic heterocycles. The lowest BCUT2D eigenvalue weighted by Gasteiger charge is -2.36. The Labute approximate surface area is 170 Å². The van der Waals surface area contributed by atoms with Gasteiger partial charge in [-0.2, -0.15) is 0 Å². The SMILES string of the molecule is CNC(=O)Cc1ccccc1NC(=O)N1CCN(c2ccc(C(C)=O)cc2)CC1. The number of urea groups is 1. The van der Waals surface area contributed by atoms with E-state index >= 15 is 0 Å². The molecule has 7 nitrogen and oxygen atoms in total. The summed E-state index contributed by atoms with van der Waals surface area (Å²) >= 11 is 0. The first-order chi connectivity index (χ1) is 14.0. The van der Waals surface area contributed by atoms with Gasteiger partial charge in [0.1, 0.15) is 0 Å². The number of nitrogens with zero attached hydrogens (tertiary/aromatic N) is 2. The van der Waals surface area contributed by atoms with E-state index < -0.39 is 0 Å². The van der Waals surface area contributed by atoms with Crippen LogP contribution < -0.4 is 15.5 Å². The fourth-order valence-electron chi connectivity index (χ4n) is 3.33. The van der Waals surface area contributed by atoms with Gasteiger partial charge in [0.25, 0.3) is 0 Å². The minimum absolute atomic E-state index is 0.0507. The number of hydrogen-bond acceptors (Lipinski definition) is 4. The highest BCUT2D eigenvalue weighted by Crippen LogP contribution is 2.20. The summed E-state index contributed by atoms with van der Waals surface area (Å²) in [6.07, 6.45) is 0.219. The zero-order valence-electron chi connectivity index (χ0n) is 16.8. The average molecular weight is 394 g/mol. The van der Waals surface area contributed by atoms with Crippen LogP contribution in [0.3, 0.4) is 0 Å². The standard InChI is InChI=1S/C22H26N4O3/c1-16(27)17-7-9-19(10-8-17)25-11-13-26(14-12-25)22(29)24-20-6-4-3-5-18(20)15-21(28)23-2/h3-10H,11-15H2,1-2H3,(H,23,28)(H,24,29). The lowest BCUT2D eigenvalue weighted by molar-refractivity contribution is -0.119. The number of carbonyl (C=O) groups is 3. The zero-order valence-corrected chi connectivity index (χ0v) is 16.8. The molecule has 2 aromatic rings. The maximum atomic E-state index is 12.7. The third kappa shape index (κ3) is 5.13. The van der Waals surface area contributed by atoms with Crippen molar-refractivity contribution >= 4 is 29.1 Å². The first kappa shape index (κ1) is 20.4. The highest BCUT2D eigenvalue weighted by Gasteiger charge is 2.22. The summed E-state index contributed by atoms with van der Waals surface area (Å²) in [5.74, 6) is -0.0501. The molecule has 1 saturated heterocycles. The molecule has 0 spiro atoms. The molecule has 0 bridgehead atoms. The van der Waals surface area contributed by atoms with Crippen LogP contribution in [0.25, 0.3) is 0 Å². The fraction of sp³-hybridized carbons (Fsp3) is 0.318. The number of hydrogen-bond donors (Lipinski definition) is 2. The number of rotatable bonds is 5. The smallest absolute Gasteiger partial charge is 0.321 e. The van der Waals surface area contributed by atoms with Gasteiger partial charge in [-0.05, 0) is 42.8 Å². The van der Waals surface area contributed by atoms with E-state index in [1.807, 2.05) is 48.5 Å². The van der Waals surface area contributed by atoms with E-state index in [-0.39, 0.29) is 24.1 Å². The van der Waals surface area contributed by atoms with Gasteiger partial charge in [-0.1, -0.05) is 18.2 Å². The molecule has 7 heteroatoms. The van der Waals surface area contributed by atoms with Crippen LogP contribution >= 0.6 is 0 Å². The summed E-state index contributed by atoms with van der Waals surface area (Å²) < 4.78 is 0. The Hall–Kier alpha value is -3.35. The minimum Gasteiger partial charge on any atom is -0.368 e. The van der Waals surface area contributed by atoms with E-state index in [9.17, 15) is 14.4 Å². The molecule has 152 valence electrons. The van der Waals surface area contributed by atoms with Crippen LogP contribution in [-0.2, 0) is 11.2 Å². The number of piperazine rings is 1. The Morgan fingerprint density at radius 3 is 2.21 bits per heavy atom. The molecule has 0 aliphatic carbocycles. The van der Waals surface area contributed by atoms with E-state index in [1.54, 1.807) is 18.9 Å². The average Bonchev–Trinajstić information content (AvgIpc) is 2.75. The maximum absolute atomic E-state index is 12.7. The highest BCUT2D eigenvalue weighted by molar-refractivity contribution is 5.94. The maximum Gasteiger partial charge on any atom is 0.321 e. The minimum atomic E-state index is -0.166. The van der Waals surface area contributed by atoms with Gasteiger partial charge >= 0.3 is 6.03 Å². The van der Waals surface area contributed by atoms with Gasteiger partial charge in [0, 0.05) is 50.2 Å². The van der Waals surface area contributed by atoms with E-state index in [1.165, 1.54) is 0 Å². The molecule has 1 fully saturated rings. The zero-order chi connectivity index (χ0) is 20.8. The quantitative estimate of drug-likeness (QED) is 0.764. The van der Waals surface area contributed by atoms with Crippen molar-refractivity contribution in [3.63, 3.8) is 0 Å². The molecule has 2 aromatic carbocycles. The Balaban J connectivity index is 1.58. The molecular formula is C22H26N4O3. The van der Waals surface area contributed by atoms with Crippen LogP contribution in [0.5, 0.6) is 0 Å². The summed E-state index contributed by atoms with van der Waals surface area (Å²) in [5.41, 5.74) is 3.18. The Morgan fingerprint density at radius 1 is 0.931 bits per heavy atom. The van der Waals surface area contributed by atoms with E-state index in [2.05, 4.69) is 15.5 Å². The molecule has 0 unspecified atom stereocenters. The highest BCUT2D eigenvalue weighted by atomic mass is 16.2. The Bertz CT molecular complexity index is 887. The van der Waals surface area contributed by atoms with Crippen molar-refractivity contribution in [3.8, 4) is 0 Å². The number of para-hydroxylation sites is 1. The second kappa shape index (κ2) is 9.23. The van der Waals surface area contributed by atoms with Crippen molar-refractivity contribution in [2.24, 2.45) is 0 Å². The van der Waals surface area contributed by atoms with Gasteiger partial charge in [-0.15, -0.1) is 0 Å². The third-order valence-corrected chi connectivity index (χ3v) is 5.09. The van der Waals surface area contributed by atoms with Crippen molar-refractivity contribution in [3.05, 3.63) is 59.7 Å². The molecule has 0 atom stereocenters. The fourth-order valence-corrected chi connectivity index (χ4v) is 3.33. The largest absolute Gasteiger partial charge is 0.368 e. The summed E-state index contributed by atoms with van der Waals surface area (Å²) in [6, 6.07) is 14.7. The lowest BCUT2D eigenvalue weighted by Crippen LogP contribution is -2.50. The predicted molar refractivity (Wildman–Crippen MR) is 113 cm³/mol. The molecule has 1 aliphatic rings. The summed E-state index contributed by atoms with van der Waals surface area (Å²) in [6.45, 7) is 4.18. The van der Waals surface area contributed by atoms with Crippen molar-refractivity contribution in [2.45, 2.75) is 13.3 Å². The number of Topliss-reactive ketones (excluding diaryl/α,β-unsaturated/α-hetero) is 1. The molecular weight excluding hydrogens is 368 g/mol. The van der Waals surface area contributed by atoms with Gasteiger partial charge in [0.15, 0.2) is 5.78 Å². The van der Waals surface area contributed by atoms with E-state index in [0.717, 1.165) is 11.3 Å². The number of anilines is 2. The van der Waals surface area contributed by atoms with Gasteiger partial charge in [0.2, 0.25) is 5.91 Å². The topological polar surface area (TPSA) is 81.8 Å². The molecule has 2 N–H and O–H groups in total. The number of carbonyl (C=O) groups excluding carboxylic acids is 3.